The fraction of sp³-hybridized carbons (Fsp3) is 0.0800. The van der Waals surface area contributed by atoms with Crippen LogP contribution in [0.15, 0.2) is 89.1 Å². The molecule has 0 aliphatic heterocycles. The van der Waals surface area contributed by atoms with Gasteiger partial charge in [0.05, 0.1) is 17.5 Å². The van der Waals surface area contributed by atoms with Crippen molar-refractivity contribution in [3.8, 4) is 11.4 Å². The molecule has 4 rings (SSSR count). The van der Waals surface area contributed by atoms with E-state index in [1.54, 1.807) is 30.3 Å². The summed E-state index contributed by atoms with van der Waals surface area (Å²) >= 11 is 1.25. The summed E-state index contributed by atoms with van der Waals surface area (Å²) < 4.78 is 20.8. The van der Waals surface area contributed by atoms with E-state index < -0.39 is 11.8 Å². The highest BCUT2D eigenvalue weighted by Gasteiger charge is 2.14. The maximum atomic E-state index is 13.7. The third-order valence-electron chi connectivity index (χ3n) is 4.73. The van der Waals surface area contributed by atoms with Crippen molar-refractivity contribution in [3.05, 3.63) is 102 Å². The summed E-state index contributed by atoms with van der Waals surface area (Å²) in [6.45, 7) is 1.85. The Bertz CT molecular complexity index is 1360. The van der Waals surface area contributed by atoms with Gasteiger partial charge in [0.15, 0.2) is 5.16 Å². The van der Waals surface area contributed by atoms with Gasteiger partial charge in [0, 0.05) is 5.69 Å². The van der Waals surface area contributed by atoms with Gasteiger partial charge in [0.25, 0.3) is 5.91 Å². The van der Waals surface area contributed by atoms with Crippen LogP contribution in [-0.2, 0) is 4.79 Å². The van der Waals surface area contributed by atoms with Gasteiger partial charge >= 0.3 is 5.97 Å². The molecule has 3 aromatic carbocycles. The largest absolute Gasteiger partial charge is 0.423 e. The summed E-state index contributed by atoms with van der Waals surface area (Å²) in [6, 6.07) is 21.7. The number of nitrogens with one attached hydrogen (secondary N) is 1. The van der Waals surface area contributed by atoms with Crippen LogP contribution in [0.4, 0.5) is 4.39 Å². The van der Waals surface area contributed by atoms with E-state index in [-0.39, 0.29) is 23.0 Å². The lowest BCUT2D eigenvalue weighted by Gasteiger charge is -2.07. The van der Waals surface area contributed by atoms with Crippen LogP contribution in [-0.4, -0.2) is 38.6 Å². The monoisotopic (exact) mass is 489 g/mol. The molecule has 0 saturated heterocycles. The molecule has 176 valence electrons. The number of esters is 1. The van der Waals surface area contributed by atoms with Crippen molar-refractivity contribution in [2.75, 3.05) is 5.75 Å². The van der Waals surface area contributed by atoms with Crippen LogP contribution >= 0.6 is 11.8 Å². The molecule has 1 heterocycles. The Morgan fingerprint density at radius 1 is 1.03 bits per heavy atom. The van der Waals surface area contributed by atoms with Crippen molar-refractivity contribution in [2.45, 2.75) is 12.1 Å². The van der Waals surface area contributed by atoms with Crippen molar-refractivity contribution in [2.24, 2.45) is 5.10 Å². The summed E-state index contributed by atoms with van der Waals surface area (Å²) in [5.41, 5.74) is 3.91. The number of carbonyl (C=O) groups excluding carboxylic acids is 2. The highest BCUT2D eigenvalue weighted by atomic mass is 32.2. The lowest BCUT2D eigenvalue weighted by molar-refractivity contribution is -0.118. The third-order valence-corrected chi connectivity index (χ3v) is 5.66. The smallest absolute Gasteiger partial charge is 0.346 e. The van der Waals surface area contributed by atoms with Gasteiger partial charge in [0.2, 0.25) is 0 Å². The summed E-state index contributed by atoms with van der Waals surface area (Å²) in [5.74, 6) is -0.651. The summed E-state index contributed by atoms with van der Waals surface area (Å²) in [7, 11) is 0. The molecule has 0 saturated carbocycles. The Hall–Kier alpha value is -4.31. The van der Waals surface area contributed by atoms with Crippen molar-refractivity contribution in [3.63, 3.8) is 0 Å². The number of nitrogens with zero attached hydrogens (tertiary/aromatic N) is 4. The van der Waals surface area contributed by atoms with E-state index in [1.807, 2.05) is 41.8 Å². The zero-order valence-electron chi connectivity index (χ0n) is 18.6. The molecule has 8 nitrogen and oxygen atoms in total. The molecule has 0 radical (unpaired) electrons. The molecule has 0 aliphatic rings. The predicted octanol–water partition coefficient (Wildman–Crippen LogP) is 4.18. The first-order valence-corrected chi connectivity index (χ1v) is 11.5. The Labute approximate surface area is 204 Å². The van der Waals surface area contributed by atoms with Crippen LogP contribution in [0, 0.1) is 12.7 Å². The van der Waals surface area contributed by atoms with E-state index in [0.717, 1.165) is 11.5 Å². The number of hydrogen-bond donors (Lipinski definition) is 1. The number of thioether (sulfide) groups is 1. The topological polar surface area (TPSA) is 98.5 Å². The number of aromatic nitrogens is 3. The summed E-state index contributed by atoms with van der Waals surface area (Å²) in [4.78, 5) is 24.3. The number of amides is 1. The zero-order valence-corrected chi connectivity index (χ0v) is 19.4. The van der Waals surface area contributed by atoms with Gasteiger partial charge in [-0.25, -0.2) is 14.6 Å². The first-order chi connectivity index (χ1) is 17.0. The average Bonchev–Trinajstić information content (AvgIpc) is 3.24. The van der Waals surface area contributed by atoms with Crippen LogP contribution in [0.1, 0.15) is 21.7 Å². The summed E-state index contributed by atoms with van der Waals surface area (Å²) in [6.07, 6.45) is 1.46. The molecule has 0 atom stereocenters. The number of hydrogen-bond acceptors (Lipinski definition) is 7. The minimum atomic E-state index is -0.785. The normalized spacial score (nSPS) is 10.9. The van der Waals surface area contributed by atoms with Gasteiger partial charge in [-0.2, -0.15) is 5.10 Å². The second kappa shape index (κ2) is 11.2. The Balaban J connectivity index is 1.28. The molecule has 0 bridgehead atoms. The number of aryl methyl sites for hydroxylation is 1. The molecular formula is C25H20FN5O3S. The molecular weight excluding hydrogens is 469 g/mol. The van der Waals surface area contributed by atoms with Gasteiger partial charge in [-0.3, -0.25) is 9.36 Å². The summed E-state index contributed by atoms with van der Waals surface area (Å²) in [5, 5.41) is 12.8. The number of ether oxygens (including phenoxy) is 1. The van der Waals surface area contributed by atoms with Gasteiger partial charge in [-0.15, -0.1) is 10.2 Å². The average molecular weight is 490 g/mol. The van der Waals surface area contributed by atoms with Gasteiger partial charge in [0.1, 0.15) is 17.4 Å². The third kappa shape index (κ3) is 6.18. The molecule has 0 fully saturated rings. The Kier molecular flexibility index (Phi) is 7.63. The quantitative estimate of drug-likeness (QED) is 0.131. The molecule has 1 N–H and O–H groups in total. The molecule has 35 heavy (non-hydrogen) atoms. The van der Waals surface area contributed by atoms with E-state index in [0.29, 0.717) is 10.7 Å². The highest BCUT2D eigenvalue weighted by molar-refractivity contribution is 7.99. The van der Waals surface area contributed by atoms with E-state index in [9.17, 15) is 14.0 Å². The number of rotatable bonds is 8. The molecule has 0 unspecified atom stereocenters. The Morgan fingerprint density at radius 3 is 2.49 bits per heavy atom. The second-order valence-corrected chi connectivity index (χ2v) is 8.16. The maximum absolute atomic E-state index is 13.7. The van der Waals surface area contributed by atoms with Crippen molar-refractivity contribution >= 4 is 29.9 Å². The minimum Gasteiger partial charge on any atom is -0.423 e. The Morgan fingerprint density at radius 2 is 1.74 bits per heavy atom. The molecule has 0 aliphatic carbocycles. The van der Waals surface area contributed by atoms with E-state index in [2.05, 4.69) is 20.7 Å². The van der Waals surface area contributed by atoms with Crippen molar-refractivity contribution in [1.29, 1.82) is 0 Å². The van der Waals surface area contributed by atoms with Gasteiger partial charge in [-0.05, 0) is 61.0 Å². The first kappa shape index (κ1) is 23.8. The standard InChI is InChI=1S/C25H20FN5O3S/c1-17-28-30-25(31(17)19-7-3-2-4-8-19)35-16-23(32)29-27-15-18-11-13-20(14-12-18)34-24(33)21-9-5-6-10-22(21)26/h2-15H,16H2,1H3,(H,29,32). The van der Waals surface area contributed by atoms with Crippen LogP contribution < -0.4 is 10.2 Å². The number of benzene rings is 3. The lowest BCUT2D eigenvalue weighted by Crippen LogP contribution is -2.20. The van der Waals surface area contributed by atoms with Crippen LogP contribution in [0.3, 0.4) is 0 Å². The SMILES string of the molecule is Cc1nnc(SCC(=O)NN=Cc2ccc(OC(=O)c3ccccc3F)cc2)n1-c1ccccc1. The number of carbonyl (C=O) groups is 2. The fourth-order valence-corrected chi connectivity index (χ4v) is 3.85. The van der Waals surface area contributed by atoms with E-state index >= 15 is 0 Å². The number of hydrazone groups is 1. The molecule has 10 heteroatoms. The van der Waals surface area contributed by atoms with Crippen molar-refractivity contribution in [1.82, 2.24) is 20.2 Å². The molecule has 4 aromatic rings. The number of para-hydroxylation sites is 1. The highest BCUT2D eigenvalue weighted by Crippen LogP contribution is 2.21. The van der Waals surface area contributed by atoms with E-state index in [4.69, 9.17) is 4.74 Å². The van der Waals surface area contributed by atoms with Crippen molar-refractivity contribution < 1.29 is 18.7 Å². The van der Waals surface area contributed by atoms with Crippen LogP contribution in [0.2, 0.25) is 0 Å². The molecule has 0 spiro atoms. The van der Waals surface area contributed by atoms with Gasteiger partial charge < -0.3 is 4.74 Å². The van der Waals surface area contributed by atoms with E-state index in [1.165, 1.54) is 36.2 Å². The second-order valence-electron chi connectivity index (χ2n) is 7.22. The van der Waals surface area contributed by atoms with Gasteiger partial charge in [-0.1, -0.05) is 42.1 Å². The lowest BCUT2D eigenvalue weighted by atomic mass is 10.2. The van der Waals surface area contributed by atoms with Crippen LogP contribution in [0.25, 0.3) is 5.69 Å². The fourth-order valence-electron chi connectivity index (χ4n) is 3.06. The zero-order chi connectivity index (χ0) is 24.6. The maximum Gasteiger partial charge on any atom is 0.346 e. The minimum absolute atomic E-state index is 0.104. The number of halogens is 1. The van der Waals surface area contributed by atoms with Crippen LogP contribution in [0.5, 0.6) is 5.75 Å². The molecule has 1 aromatic heterocycles. The molecule has 1 amide bonds. The first-order valence-electron chi connectivity index (χ1n) is 10.5. The predicted molar refractivity (Wildman–Crippen MR) is 130 cm³/mol.